The van der Waals surface area contributed by atoms with Crippen LogP contribution in [0.2, 0.25) is 0 Å². The standard InChI is InChI=1S/C38H53NO2/c1-24(2)11-10-12-25(3)31-17-18-32-29-16-15-28-21-30-27(22-38(28,5)33(29)19-20-37(31,32)4)23-39-35(34(30)36(40)41-6)26-13-8-7-9-14-26/h7-9,13-14,23-25,28-29,31-33H,10-12,15-22H2,1-6H3/t25-,28+,29-,31?,32+,33+,37-,38+/m1/s1. The van der Waals surface area contributed by atoms with Crippen molar-refractivity contribution in [1.29, 1.82) is 0 Å². The average Bonchev–Trinajstić information content (AvgIpc) is 3.32. The van der Waals surface area contributed by atoms with Gasteiger partial charge in [0.15, 0.2) is 0 Å². The molecular weight excluding hydrogens is 502 g/mol. The molecule has 1 unspecified atom stereocenters. The summed E-state index contributed by atoms with van der Waals surface area (Å²) in [4.78, 5) is 18.2. The molecule has 2 aromatic rings. The minimum atomic E-state index is -0.238. The third-order valence-electron chi connectivity index (χ3n) is 13.0. The molecule has 0 radical (unpaired) electrons. The van der Waals surface area contributed by atoms with E-state index in [-0.39, 0.29) is 5.97 Å². The highest BCUT2D eigenvalue weighted by Crippen LogP contribution is 2.68. The Bertz CT molecular complexity index is 1250. The van der Waals surface area contributed by atoms with Crippen LogP contribution >= 0.6 is 0 Å². The van der Waals surface area contributed by atoms with Gasteiger partial charge in [-0.25, -0.2) is 4.79 Å². The first-order valence-corrected chi connectivity index (χ1v) is 16.8. The van der Waals surface area contributed by atoms with Crippen LogP contribution in [0.3, 0.4) is 0 Å². The molecular formula is C38H53NO2. The van der Waals surface area contributed by atoms with Gasteiger partial charge in [0, 0.05) is 11.8 Å². The van der Waals surface area contributed by atoms with Crippen molar-refractivity contribution in [1.82, 2.24) is 4.98 Å². The Labute approximate surface area is 249 Å². The Kier molecular flexibility index (Phi) is 7.88. The molecule has 3 fully saturated rings. The summed E-state index contributed by atoms with van der Waals surface area (Å²) in [6.07, 6.45) is 16.7. The van der Waals surface area contributed by atoms with E-state index in [1.165, 1.54) is 76.0 Å². The summed E-state index contributed by atoms with van der Waals surface area (Å²) in [5.41, 5.74) is 5.81. The van der Waals surface area contributed by atoms with E-state index in [2.05, 4.69) is 52.9 Å². The van der Waals surface area contributed by atoms with Gasteiger partial charge in [-0.1, -0.05) is 84.2 Å². The second kappa shape index (κ2) is 11.2. The molecule has 0 bridgehead atoms. The van der Waals surface area contributed by atoms with Gasteiger partial charge in [-0.05, 0) is 115 Å². The van der Waals surface area contributed by atoms with Crippen LogP contribution in [0, 0.1) is 52.3 Å². The number of carbonyl (C=O) groups is 1. The van der Waals surface area contributed by atoms with Crippen molar-refractivity contribution in [3.05, 3.63) is 53.2 Å². The number of ether oxygens (including phenoxy) is 1. The average molecular weight is 556 g/mol. The van der Waals surface area contributed by atoms with Gasteiger partial charge in [0.2, 0.25) is 0 Å². The number of carbonyl (C=O) groups excluding carboxylic acids is 1. The second-order valence-electron chi connectivity index (χ2n) is 15.4. The van der Waals surface area contributed by atoms with Gasteiger partial charge in [-0.15, -0.1) is 0 Å². The minimum Gasteiger partial charge on any atom is -0.465 e. The molecule has 3 saturated carbocycles. The van der Waals surface area contributed by atoms with E-state index in [4.69, 9.17) is 9.72 Å². The molecule has 222 valence electrons. The molecule has 1 aromatic carbocycles. The topological polar surface area (TPSA) is 39.2 Å². The number of rotatable bonds is 7. The Morgan fingerprint density at radius 1 is 0.976 bits per heavy atom. The number of nitrogens with zero attached hydrogens (tertiary/aromatic N) is 1. The summed E-state index contributed by atoms with van der Waals surface area (Å²) in [7, 11) is 1.51. The lowest BCUT2D eigenvalue weighted by molar-refractivity contribution is -0.103. The molecule has 0 spiro atoms. The van der Waals surface area contributed by atoms with Gasteiger partial charge in [-0.3, -0.25) is 4.98 Å². The molecule has 8 atom stereocenters. The van der Waals surface area contributed by atoms with Crippen LogP contribution in [-0.2, 0) is 17.6 Å². The van der Waals surface area contributed by atoms with E-state index in [1.54, 1.807) is 0 Å². The Morgan fingerprint density at radius 2 is 1.73 bits per heavy atom. The molecule has 41 heavy (non-hydrogen) atoms. The van der Waals surface area contributed by atoms with Crippen molar-refractivity contribution in [2.75, 3.05) is 7.11 Å². The van der Waals surface area contributed by atoms with Crippen molar-refractivity contribution in [3.63, 3.8) is 0 Å². The van der Waals surface area contributed by atoms with Gasteiger partial charge in [-0.2, -0.15) is 0 Å². The first-order valence-electron chi connectivity index (χ1n) is 16.8. The number of benzene rings is 1. The summed E-state index contributed by atoms with van der Waals surface area (Å²) in [6, 6.07) is 10.2. The van der Waals surface area contributed by atoms with Crippen LogP contribution in [0.25, 0.3) is 11.3 Å². The normalized spacial score (nSPS) is 34.8. The van der Waals surface area contributed by atoms with Crippen LogP contribution in [0.15, 0.2) is 36.5 Å². The molecule has 3 nitrogen and oxygen atoms in total. The zero-order chi connectivity index (χ0) is 28.9. The first kappa shape index (κ1) is 28.9. The van der Waals surface area contributed by atoms with E-state index < -0.39 is 0 Å². The number of fused-ring (bicyclic) bond motifs is 6. The van der Waals surface area contributed by atoms with Gasteiger partial charge < -0.3 is 4.74 Å². The quantitative estimate of drug-likeness (QED) is 0.319. The van der Waals surface area contributed by atoms with Gasteiger partial charge in [0.25, 0.3) is 0 Å². The Balaban J connectivity index is 1.27. The summed E-state index contributed by atoms with van der Waals surface area (Å²) >= 11 is 0. The smallest absolute Gasteiger partial charge is 0.340 e. The third kappa shape index (κ3) is 4.88. The summed E-state index contributed by atoms with van der Waals surface area (Å²) in [5.74, 6) is 5.52. The van der Waals surface area contributed by atoms with Crippen molar-refractivity contribution in [3.8, 4) is 11.3 Å². The van der Waals surface area contributed by atoms with E-state index >= 15 is 0 Å². The first-order chi connectivity index (χ1) is 19.7. The number of pyridine rings is 1. The second-order valence-corrected chi connectivity index (χ2v) is 15.4. The maximum atomic E-state index is 13.2. The minimum absolute atomic E-state index is 0.238. The summed E-state index contributed by atoms with van der Waals surface area (Å²) in [6.45, 7) is 12.6. The van der Waals surface area contributed by atoms with Gasteiger partial charge in [0.05, 0.1) is 18.4 Å². The fraction of sp³-hybridized carbons (Fsp3) is 0.684. The highest BCUT2D eigenvalue weighted by Gasteiger charge is 2.60. The van der Waals surface area contributed by atoms with Crippen molar-refractivity contribution < 1.29 is 9.53 Å². The maximum Gasteiger partial charge on any atom is 0.340 e. The third-order valence-corrected chi connectivity index (χ3v) is 13.0. The zero-order valence-corrected chi connectivity index (χ0v) is 26.5. The molecule has 0 aliphatic heterocycles. The fourth-order valence-electron chi connectivity index (χ4n) is 10.9. The van der Waals surface area contributed by atoms with Crippen LogP contribution < -0.4 is 0 Å². The van der Waals surface area contributed by atoms with Crippen LogP contribution in [0.4, 0.5) is 0 Å². The highest BCUT2D eigenvalue weighted by molar-refractivity contribution is 5.98. The van der Waals surface area contributed by atoms with Crippen molar-refractivity contribution >= 4 is 5.97 Å². The highest BCUT2D eigenvalue weighted by atomic mass is 16.5. The zero-order valence-electron chi connectivity index (χ0n) is 26.5. The molecule has 6 rings (SSSR count). The van der Waals surface area contributed by atoms with E-state index in [0.29, 0.717) is 22.3 Å². The molecule has 4 aliphatic rings. The predicted molar refractivity (Wildman–Crippen MR) is 168 cm³/mol. The maximum absolute atomic E-state index is 13.2. The molecule has 1 aromatic heterocycles. The fourth-order valence-corrected chi connectivity index (χ4v) is 10.9. The largest absolute Gasteiger partial charge is 0.465 e. The van der Waals surface area contributed by atoms with Gasteiger partial charge in [0.1, 0.15) is 0 Å². The number of aromatic nitrogens is 1. The van der Waals surface area contributed by atoms with Crippen molar-refractivity contribution in [2.45, 2.75) is 105 Å². The van der Waals surface area contributed by atoms with E-state index in [1.807, 2.05) is 18.2 Å². The SMILES string of the molecule is COC(=O)c1c(-c2ccccc2)ncc2c1C[C@@H]1CC[C@H]3[C@H](CC[C@]4(C)C([C@H](C)CCCC(C)C)CC[C@@H]34)[C@@]1(C)C2. The molecule has 4 aliphatic carbocycles. The Morgan fingerprint density at radius 3 is 2.46 bits per heavy atom. The molecule has 0 saturated heterocycles. The molecule has 1 heterocycles. The van der Waals surface area contributed by atoms with E-state index in [0.717, 1.165) is 59.6 Å². The van der Waals surface area contributed by atoms with Gasteiger partial charge >= 0.3 is 5.97 Å². The molecule has 0 amide bonds. The monoisotopic (exact) mass is 555 g/mol. The van der Waals surface area contributed by atoms with E-state index in [9.17, 15) is 4.79 Å². The summed E-state index contributed by atoms with van der Waals surface area (Å²) < 4.78 is 5.36. The lowest BCUT2D eigenvalue weighted by Gasteiger charge is -2.61. The predicted octanol–water partition coefficient (Wildman–Crippen LogP) is 9.57. The van der Waals surface area contributed by atoms with Crippen LogP contribution in [-0.4, -0.2) is 18.1 Å². The number of hydrogen-bond donors (Lipinski definition) is 0. The van der Waals surface area contributed by atoms with Crippen molar-refractivity contribution in [2.24, 2.45) is 52.3 Å². The van der Waals surface area contributed by atoms with Crippen LogP contribution in [0.1, 0.15) is 114 Å². The lowest BCUT2D eigenvalue weighted by Crippen LogP contribution is -2.54. The summed E-state index contributed by atoms with van der Waals surface area (Å²) in [5, 5.41) is 0. The molecule has 3 heteroatoms. The Hall–Kier alpha value is -2.16. The number of esters is 1. The number of methoxy groups -OCH3 is 1. The lowest BCUT2D eigenvalue weighted by atomic mass is 9.44. The molecule has 0 N–H and O–H groups in total. The van der Waals surface area contributed by atoms with Crippen LogP contribution in [0.5, 0.6) is 0 Å². The number of hydrogen-bond acceptors (Lipinski definition) is 3.